The molecule has 2 nitrogen and oxygen atoms in total. The Bertz CT molecular complexity index is 552. The minimum atomic E-state index is -1.32. The Morgan fingerprint density at radius 2 is 1.55 bits per heavy atom. The SMILES string of the molecule is C[Si](C)(C)C#CCC(c1cccnc1)c1cccnc1. The van der Waals surface area contributed by atoms with Gasteiger partial charge in [-0.2, -0.15) is 0 Å². The first kappa shape index (κ1) is 14.5. The Hall–Kier alpha value is -1.92. The first-order valence-corrected chi connectivity index (χ1v) is 10.4. The molecule has 0 spiro atoms. The monoisotopic (exact) mass is 280 g/mol. The number of nitrogens with zero attached hydrogens (tertiary/aromatic N) is 2. The second kappa shape index (κ2) is 6.49. The van der Waals surface area contributed by atoms with Crippen LogP contribution in [0.1, 0.15) is 23.5 Å². The van der Waals surface area contributed by atoms with E-state index in [1.807, 2.05) is 24.5 Å². The van der Waals surface area contributed by atoms with Gasteiger partial charge in [-0.15, -0.1) is 11.5 Å². The van der Waals surface area contributed by atoms with E-state index in [0.29, 0.717) is 0 Å². The molecular formula is C17H20N2Si. The van der Waals surface area contributed by atoms with E-state index in [4.69, 9.17) is 0 Å². The van der Waals surface area contributed by atoms with Crippen molar-refractivity contribution in [3.63, 3.8) is 0 Å². The lowest BCUT2D eigenvalue weighted by Crippen LogP contribution is -2.16. The molecule has 0 unspecified atom stereocenters. The zero-order valence-corrected chi connectivity index (χ0v) is 13.3. The maximum Gasteiger partial charge on any atom is 0.129 e. The minimum absolute atomic E-state index is 0.251. The van der Waals surface area contributed by atoms with Gasteiger partial charge >= 0.3 is 0 Å². The maximum absolute atomic E-state index is 4.23. The molecule has 102 valence electrons. The summed E-state index contributed by atoms with van der Waals surface area (Å²) in [4.78, 5) is 8.46. The van der Waals surface area contributed by atoms with Gasteiger partial charge in [0, 0.05) is 37.1 Å². The molecule has 0 saturated carbocycles. The standard InChI is InChI=1S/C17H20N2Si/c1-20(2,3)12-6-9-17(15-7-4-10-18-13-15)16-8-5-11-19-14-16/h4-5,7-8,10-11,13-14,17H,9H2,1-3H3. The van der Waals surface area contributed by atoms with E-state index in [1.165, 1.54) is 11.1 Å². The van der Waals surface area contributed by atoms with E-state index in [1.54, 1.807) is 12.4 Å². The van der Waals surface area contributed by atoms with Crippen LogP contribution >= 0.6 is 0 Å². The van der Waals surface area contributed by atoms with Gasteiger partial charge in [0.2, 0.25) is 0 Å². The molecular weight excluding hydrogens is 260 g/mol. The Labute approximate surface area is 122 Å². The molecule has 0 aromatic carbocycles. The normalized spacial score (nSPS) is 11.0. The van der Waals surface area contributed by atoms with E-state index >= 15 is 0 Å². The summed E-state index contributed by atoms with van der Waals surface area (Å²) in [5.74, 6) is 3.63. The summed E-state index contributed by atoms with van der Waals surface area (Å²) >= 11 is 0. The summed E-state index contributed by atoms with van der Waals surface area (Å²) in [6.07, 6.45) is 8.28. The van der Waals surface area contributed by atoms with Gasteiger partial charge < -0.3 is 0 Å². The van der Waals surface area contributed by atoms with Crippen LogP contribution in [0.5, 0.6) is 0 Å². The number of pyridine rings is 2. The van der Waals surface area contributed by atoms with Gasteiger partial charge in [0.05, 0.1) is 0 Å². The maximum atomic E-state index is 4.23. The largest absolute Gasteiger partial charge is 0.264 e. The highest BCUT2D eigenvalue weighted by molar-refractivity contribution is 6.83. The molecule has 0 aliphatic rings. The summed E-state index contributed by atoms with van der Waals surface area (Å²) < 4.78 is 0. The average Bonchev–Trinajstić information content (AvgIpc) is 2.44. The Morgan fingerprint density at radius 3 is 1.95 bits per heavy atom. The third kappa shape index (κ3) is 4.32. The summed E-state index contributed by atoms with van der Waals surface area (Å²) in [6.45, 7) is 6.80. The molecule has 0 radical (unpaired) electrons. The molecule has 20 heavy (non-hydrogen) atoms. The van der Waals surface area contributed by atoms with Gasteiger partial charge in [0.1, 0.15) is 8.07 Å². The molecule has 2 rings (SSSR count). The van der Waals surface area contributed by atoms with Crippen molar-refractivity contribution in [1.82, 2.24) is 9.97 Å². The van der Waals surface area contributed by atoms with Gasteiger partial charge in [-0.3, -0.25) is 9.97 Å². The molecule has 0 fully saturated rings. The zero-order valence-electron chi connectivity index (χ0n) is 12.3. The molecule has 0 bridgehead atoms. The van der Waals surface area contributed by atoms with Crippen LogP contribution < -0.4 is 0 Å². The summed E-state index contributed by atoms with van der Waals surface area (Å²) in [6, 6.07) is 8.18. The van der Waals surface area contributed by atoms with Crippen LogP contribution in [0.4, 0.5) is 0 Å². The van der Waals surface area contributed by atoms with E-state index in [9.17, 15) is 0 Å². The summed E-state index contributed by atoms with van der Waals surface area (Å²) in [5, 5.41) is 0. The molecule has 0 atom stereocenters. The van der Waals surface area contributed by atoms with Crippen LogP contribution in [-0.4, -0.2) is 18.0 Å². The van der Waals surface area contributed by atoms with Gasteiger partial charge in [-0.25, -0.2) is 0 Å². The summed E-state index contributed by atoms with van der Waals surface area (Å²) in [7, 11) is -1.32. The molecule has 0 N–H and O–H groups in total. The van der Waals surface area contributed by atoms with Crippen molar-refractivity contribution in [3.8, 4) is 11.5 Å². The van der Waals surface area contributed by atoms with Crippen LogP contribution in [0.15, 0.2) is 49.1 Å². The Kier molecular flexibility index (Phi) is 4.70. The van der Waals surface area contributed by atoms with E-state index in [-0.39, 0.29) is 5.92 Å². The molecule has 0 aliphatic heterocycles. The van der Waals surface area contributed by atoms with Crippen molar-refractivity contribution >= 4 is 8.07 Å². The second-order valence-electron chi connectivity index (χ2n) is 5.88. The highest BCUT2D eigenvalue weighted by atomic mass is 28.3. The quantitative estimate of drug-likeness (QED) is 0.630. The molecule has 0 aliphatic carbocycles. The highest BCUT2D eigenvalue weighted by Gasteiger charge is 2.14. The number of hydrogen-bond acceptors (Lipinski definition) is 2. The highest BCUT2D eigenvalue weighted by Crippen LogP contribution is 2.26. The number of aromatic nitrogens is 2. The first-order valence-electron chi connectivity index (χ1n) is 6.86. The van der Waals surface area contributed by atoms with Crippen LogP contribution in [0.25, 0.3) is 0 Å². The molecule has 0 amide bonds. The van der Waals surface area contributed by atoms with Crippen molar-refractivity contribution in [3.05, 3.63) is 60.2 Å². The lowest BCUT2D eigenvalue weighted by atomic mass is 9.91. The number of rotatable bonds is 3. The average molecular weight is 280 g/mol. The van der Waals surface area contributed by atoms with Gasteiger partial charge in [0.25, 0.3) is 0 Å². The number of hydrogen-bond donors (Lipinski definition) is 0. The van der Waals surface area contributed by atoms with Crippen LogP contribution in [0.2, 0.25) is 19.6 Å². The van der Waals surface area contributed by atoms with E-state index < -0.39 is 8.07 Å². The lowest BCUT2D eigenvalue weighted by Gasteiger charge is -2.14. The van der Waals surface area contributed by atoms with Gasteiger partial charge in [0.15, 0.2) is 0 Å². The molecule has 3 heteroatoms. The van der Waals surface area contributed by atoms with Crippen molar-refractivity contribution in [2.75, 3.05) is 0 Å². The third-order valence-corrected chi connectivity index (χ3v) is 3.87. The van der Waals surface area contributed by atoms with Crippen molar-refractivity contribution in [2.45, 2.75) is 32.0 Å². The van der Waals surface area contributed by atoms with Crippen LogP contribution in [0.3, 0.4) is 0 Å². The van der Waals surface area contributed by atoms with Gasteiger partial charge in [-0.05, 0) is 23.3 Å². The molecule has 2 heterocycles. The predicted molar refractivity (Wildman–Crippen MR) is 86.1 cm³/mol. The molecule has 2 aromatic heterocycles. The Balaban J connectivity index is 2.28. The van der Waals surface area contributed by atoms with Gasteiger partial charge in [-0.1, -0.05) is 31.8 Å². The smallest absolute Gasteiger partial charge is 0.129 e. The fourth-order valence-electron chi connectivity index (χ4n) is 2.01. The molecule has 0 saturated heterocycles. The first-order chi connectivity index (χ1) is 9.56. The van der Waals surface area contributed by atoms with Crippen molar-refractivity contribution < 1.29 is 0 Å². The second-order valence-corrected chi connectivity index (χ2v) is 10.6. The topological polar surface area (TPSA) is 25.8 Å². The van der Waals surface area contributed by atoms with Crippen molar-refractivity contribution in [1.29, 1.82) is 0 Å². The summed E-state index contributed by atoms with van der Waals surface area (Å²) in [5.41, 5.74) is 5.84. The van der Waals surface area contributed by atoms with Crippen molar-refractivity contribution in [2.24, 2.45) is 0 Å². The predicted octanol–water partition coefficient (Wildman–Crippen LogP) is 3.88. The van der Waals surface area contributed by atoms with E-state index in [0.717, 1.165) is 6.42 Å². The Morgan fingerprint density at radius 1 is 1.00 bits per heavy atom. The van der Waals surface area contributed by atoms with Crippen LogP contribution in [-0.2, 0) is 0 Å². The fraction of sp³-hybridized carbons (Fsp3) is 0.294. The fourth-order valence-corrected chi connectivity index (χ4v) is 2.64. The minimum Gasteiger partial charge on any atom is -0.264 e. The zero-order chi connectivity index (χ0) is 14.4. The molecule has 2 aromatic rings. The van der Waals surface area contributed by atoms with E-state index in [2.05, 4.69) is 53.2 Å². The van der Waals surface area contributed by atoms with Crippen LogP contribution in [0, 0.1) is 11.5 Å². The third-order valence-electron chi connectivity index (χ3n) is 2.94. The lowest BCUT2D eigenvalue weighted by molar-refractivity contribution is 0.832.